The molecule has 0 aliphatic carbocycles. The van der Waals surface area contributed by atoms with E-state index < -0.39 is 17.3 Å². The first-order chi connectivity index (χ1) is 15.4. The molecule has 0 spiro atoms. The van der Waals surface area contributed by atoms with E-state index in [0.717, 1.165) is 22.7 Å². The van der Waals surface area contributed by atoms with Gasteiger partial charge in [-0.05, 0) is 49.2 Å². The van der Waals surface area contributed by atoms with Crippen LogP contribution < -0.4 is 4.98 Å². The second-order valence-electron chi connectivity index (χ2n) is 7.88. The Morgan fingerprint density at radius 2 is 1.58 bits per heavy atom. The molecular formula is C25H17F2N5Pt. The second-order valence-corrected chi connectivity index (χ2v) is 7.88. The topological polar surface area (TPSA) is 65.7 Å². The van der Waals surface area contributed by atoms with Gasteiger partial charge in [0.05, 0.1) is 16.9 Å². The first-order valence-electron chi connectivity index (χ1n) is 9.99. The predicted molar refractivity (Wildman–Crippen MR) is 117 cm³/mol. The smallest absolute Gasteiger partial charge is 0.660 e. The van der Waals surface area contributed by atoms with E-state index in [9.17, 15) is 8.78 Å². The maximum absolute atomic E-state index is 14.2. The molecule has 0 amide bonds. The zero-order valence-corrected chi connectivity index (χ0v) is 19.9. The SMILES string of the molecule is CC(C)(c1cccc(-c2[c-]cc(F)nc2F)n1)c1cccc(-c2[n-]cc3cccnc23)n1.[Pt+2]. The minimum atomic E-state index is -0.950. The third kappa shape index (κ3) is 4.21. The number of halogens is 2. The van der Waals surface area contributed by atoms with Gasteiger partial charge in [0.2, 0.25) is 0 Å². The second kappa shape index (κ2) is 8.91. The molecule has 166 valence electrons. The molecule has 0 saturated heterocycles. The molecule has 0 N–H and O–H groups in total. The predicted octanol–water partition coefficient (Wildman–Crippen LogP) is 5.11. The largest absolute Gasteiger partial charge is 2.00 e. The molecule has 5 nitrogen and oxygen atoms in total. The number of fused-ring (bicyclic) bond motifs is 1. The number of pyridine rings is 4. The minimum absolute atomic E-state index is 0. The van der Waals surface area contributed by atoms with Crippen LogP contribution in [-0.2, 0) is 26.5 Å². The molecule has 0 radical (unpaired) electrons. The first kappa shape index (κ1) is 22.9. The molecule has 33 heavy (non-hydrogen) atoms. The molecule has 0 aromatic carbocycles. The summed E-state index contributed by atoms with van der Waals surface area (Å²) >= 11 is 0. The summed E-state index contributed by atoms with van der Waals surface area (Å²) in [6, 6.07) is 18.4. The van der Waals surface area contributed by atoms with Crippen LogP contribution in [-0.4, -0.2) is 19.9 Å². The zero-order chi connectivity index (χ0) is 22.3. The molecule has 5 aromatic heterocycles. The summed E-state index contributed by atoms with van der Waals surface area (Å²) in [5.41, 5.74) is 3.41. The van der Waals surface area contributed by atoms with E-state index in [0.29, 0.717) is 22.8 Å². The molecule has 0 aliphatic rings. The van der Waals surface area contributed by atoms with E-state index in [1.165, 1.54) is 0 Å². The first-order valence-corrected chi connectivity index (χ1v) is 9.99. The van der Waals surface area contributed by atoms with Crippen molar-refractivity contribution < 1.29 is 29.8 Å². The van der Waals surface area contributed by atoms with Gasteiger partial charge < -0.3 is 9.97 Å². The van der Waals surface area contributed by atoms with Crippen LogP contribution in [0, 0.1) is 18.0 Å². The van der Waals surface area contributed by atoms with E-state index in [1.54, 1.807) is 24.5 Å². The van der Waals surface area contributed by atoms with Crippen molar-refractivity contribution in [3.63, 3.8) is 0 Å². The third-order valence-corrected chi connectivity index (χ3v) is 5.42. The minimum Gasteiger partial charge on any atom is -0.660 e. The molecule has 0 atom stereocenters. The quantitative estimate of drug-likeness (QED) is 0.207. The van der Waals surface area contributed by atoms with Gasteiger partial charge in [-0.2, -0.15) is 6.20 Å². The Kier molecular flexibility index (Phi) is 6.17. The molecule has 8 heteroatoms. The Morgan fingerprint density at radius 3 is 2.30 bits per heavy atom. The molecule has 0 bridgehead atoms. The molecule has 0 aliphatic heterocycles. The number of rotatable bonds is 4. The van der Waals surface area contributed by atoms with Crippen molar-refractivity contribution in [1.82, 2.24) is 24.9 Å². The monoisotopic (exact) mass is 620 g/mol. The van der Waals surface area contributed by atoms with Crippen molar-refractivity contribution in [2.24, 2.45) is 0 Å². The molecule has 0 unspecified atom stereocenters. The van der Waals surface area contributed by atoms with Gasteiger partial charge in [-0.3, -0.25) is 15.0 Å². The van der Waals surface area contributed by atoms with E-state index in [1.807, 2.05) is 50.2 Å². The average Bonchev–Trinajstić information content (AvgIpc) is 3.23. The summed E-state index contributed by atoms with van der Waals surface area (Å²) in [6.45, 7) is 3.98. The van der Waals surface area contributed by atoms with Gasteiger partial charge >= 0.3 is 21.1 Å². The van der Waals surface area contributed by atoms with Crippen LogP contribution in [0.2, 0.25) is 0 Å². The van der Waals surface area contributed by atoms with Gasteiger partial charge in [0, 0.05) is 17.3 Å². The van der Waals surface area contributed by atoms with Crippen molar-refractivity contribution in [1.29, 1.82) is 0 Å². The van der Waals surface area contributed by atoms with E-state index in [2.05, 4.69) is 26.0 Å². The van der Waals surface area contributed by atoms with Crippen molar-refractivity contribution in [3.05, 3.63) is 96.3 Å². The van der Waals surface area contributed by atoms with Gasteiger partial charge in [-0.1, -0.05) is 41.6 Å². The van der Waals surface area contributed by atoms with Gasteiger partial charge in [0.1, 0.15) is 11.9 Å². The van der Waals surface area contributed by atoms with E-state index in [-0.39, 0.29) is 26.6 Å². The fourth-order valence-corrected chi connectivity index (χ4v) is 3.62. The number of hydrogen-bond donors (Lipinski definition) is 0. The summed E-state index contributed by atoms with van der Waals surface area (Å²) in [4.78, 5) is 21.7. The summed E-state index contributed by atoms with van der Waals surface area (Å²) in [5.74, 6) is -1.87. The molecule has 0 saturated carbocycles. The van der Waals surface area contributed by atoms with Gasteiger partial charge in [-0.15, -0.1) is 6.07 Å². The standard InChI is InChI=1S/C25H17F2N5.Pt/c1-25(2,19-9-3-7-17(30-19)16-11-12-21(26)32-24(16)27)20-10-4-8-18(31-20)23-22-15(14-29-23)6-5-13-28-22;/h3-10,12-14H,1-2H3;/q-2;+2. The van der Waals surface area contributed by atoms with Crippen molar-refractivity contribution in [3.8, 4) is 22.6 Å². The Morgan fingerprint density at radius 1 is 0.879 bits per heavy atom. The fourth-order valence-electron chi connectivity index (χ4n) is 3.62. The van der Waals surface area contributed by atoms with Crippen molar-refractivity contribution in [2.45, 2.75) is 19.3 Å². The third-order valence-electron chi connectivity index (χ3n) is 5.42. The Bertz CT molecular complexity index is 1450. The normalized spacial score (nSPS) is 11.4. The molecule has 0 fully saturated rings. The maximum atomic E-state index is 14.2. The van der Waals surface area contributed by atoms with E-state index >= 15 is 0 Å². The fraction of sp³-hybridized carbons (Fsp3) is 0.120. The Balaban J connectivity index is 0.00000259. The molecule has 5 heterocycles. The van der Waals surface area contributed by atoms with Crippen LogP contribution in [0.1, 0.15) is 25.2 Å². The van der Waals surface area contributed by atoms with E-state index in [4.69, 9.17) is 4.98 Å². The van der Waals surface area contributed by atoms with Crippen LogP contribution >= 0.6 is 0 Å². The van der Waals surface area contributed by atoms with Crippen molar-refractivity contribution >= 4 is 10.9 Å². The van der Waals surface area contributed by atoms with Gasteiger partial charge in [-0.25, -0.2) is 8.78 Å². The summed E-state index contributed by atoms with van der Waals surface area (Å²) < 4.78 is 27.4. The number of hydrogen-bond acceptors (Lipinski definition) is 4. The molecular weight excluding hydrogens is 603 g/mol. The summed E-state index contributed by atoms with van der Waals surface area (Å²) in [6.07, 6.45) is 3.52. The number of aromatic nitrogens is 5. The average molecular weight is 621 g/mol. The number of nitrogens with zero attached hydrogens (tertiary/aromatic N) is 5. The van der Waals surface area contributed by atoms with Gasteiger partial charge in [0.25, 0.3) is 0 Å². The van der Waals surface area contributed by atoms with Crippen LogP contribution in [0.3, 0.4) is 0 Å². The maximum Gasteiger partial charge on any atom is 2.00 e. The Hall–Kier alpha value is -3.31. The van der Waals surface area contributed by atoms with Crippen LogP contribution in [0.5, 0.6) is 0 Å². The Labute approximate surface area is 203 Å². The zero-order valence-electron chi connectivity index (χ0n) is 17.7. The van der Waals surface area contributed by atoms with Crippen LogP contribution in [0.4, 0.5) is 8.78 Å². The molecule has 5 rings (SSSR count). The van der Waals surface area contributed by atoms with Crippen LogP contribution in [0.25, 0.3) is 33.5 Å². The van der Waals surface area contributed by atoms with Crippen LogP contribution in [0.15, 0.2) is 67.0 Å². The van der Waals surface area contributed by atoms with Crippen molar-refractivity contribution in [2.75, 3.05) is 0 Å². The molecule has 5 aromatic rings. The van der Waals surface area contributed by atoms with Gasteiger partial charge in [0.15, 0.2) is 0 Å². The summed E-state index contributed by atoms with van der Waals surface area (Å²) in [7, 11) is 0. The summed E-state index contributed by atoms with van der Waals surface area (Å²) in [5, 5.41) is 0.953.